The summed E-state index contributed by atoms with van der Waals surface area (Å²) in [6, 6.07) is 12.5. The number of pyridine rings is 1. The van der Waals surface area contributed by atoms with Crippen molar-refractivity contribution in [2.24, 2.45) is 0 Å². The van der Waals surface area contributed by atoms with Crippen LogP contribution in [0.3, 0.4) is 0 Å². The summed E-state index contributed by atoms with van der Waals surface area (Å²) >= 11 is 0. The van der Waals surface area contributed by atoms with Crippen molar-refractivity contribution >= 4 is 5.57 Å². The number of aryl methyl sites for hydroxylation is 1. The molecule has 0 bridgehead atoms. The first-order valence-corrected chi connectivity index (χ1v) is 8.17. The molecule has 0 fully saturated rings. The Hall–Kier alpha value is -3.14. The topological polar surface area (TPSA) is 44.8 Å². The van der Waals surface area contributed by atoms with E-state index in [4.69, 9.17) is 4.98 Å². The first-order chi connectivity index (χ1) is 12.1. The number of aromatic nitrogens is 3. The van der Waals surface area contributed by atoms with Crippen LogP contribution in [0.15, 0.2) is 67.6 Å². The third kappa shape index (κ3) is 3.69. The molecule has 0 saturated carbocycles. The lowest BCUT2D eigenvalue weighted by molar-refractivity contribution is 0.566. The number of benzene rings is 1. The van der Waals surface area contributed by atoms with Crippen LogP contribution >= 0.6 is 0 Å². The summed E-state index contributed by atoms with van der Waals surface area (Å²) in [5.74, 6) is 0. The van der Waals surface area contributed by atoms with E-state index in [0.29, 0.717) is 0 Å². The average molecular weight is 330 g/mol. The Morgan fingerprint density at radius 3 is 2.64 bits per heavy atom. The molecule has 1 N–H and O–H groups in total. The minimum absolute atomic E-state index is 0.958. The fraction of sp³-hybridized carbons (Fsp3) is 0.143. The van der Waals surface area contributed by atoms with Gasteiger partial charge < -0.3 is 4.90 Å². The number of allylic oxidation sites excluding steroid dienone is 2. The van der Waals surface area contributed by atoms with Crippen LogP contribution in [0.1, 0.15) is 11.3 Å². The highest BCUT2D eigenvalue weighted by Gasteiger charge is 2.08. The Bertz CT molecular complexity index is 905. The van der Waals surface area contributed by atoms with Gasteiger partial charge in [-0.05, 0) is 30.2 Å². The quantitative estimate of drug-likeness (QED) is 0.699. The summed E-state index contributed by atoms with van der Waals surface area (Å²) in [5, 5.41) is 6.86. The number of nitrogens with one attached hydrogen (secondary N) is 1. The molecule has 0 aliphatic rings. The summed E-state index contributed by atoms with van der Waals surface area (Å²) < 4.78 is 0. The van der Waals surface area contributed by atoms with E-state index < -0.39 is 0 Å². The van der Waals surface area contributed by atoms with Crippen molar-refractivity contribution in [2.45, 2.75) is 6.92 Å². The van der Waals surface area contributed by atoms with Crippen molar-refractivity contribution in [1.82, 2.24) is 20.1 Å². The second-order valence-electron chi connectivity index (χ2n) is 6.15. The molecule has 0 aliphatic carbocycles. The van der Waals surface area contributed by atoms with E-state index in [0.717, 1.165) is 39.2 Å². The Balaban J connectivity index is 1.99. The first kappa shape index (κ1) is 16.7. The first-order valence-electron chi connectivity index (χ1n) is 8.17. The van der Waals surface area contributed by atoms with Gasteiger partial charge in [0.15, 0.2) is 0 Å². The van der Waals surface area contributed by atoms with Crippen molar-refractivity contribution in [2.75, 3.05) is 14.1 Å². The number of nitrogens with zero attached hydrogens (tertiary/aromatic N) is 3. The molecule has 25 heavy (non-hydrogen) atoms. The van der Waals surface area contributed by atoms with E-state index in [1.54, 1.807) is 0 Å². The minimum atomic E-state index is 0.958. The Morgan fingerprint density at radius 1 is 1.16 bits per heavy atom. The van der Waals surface area contributed by atoms with E-state index >= 15 is 0 Å². The van der Waals surface area contributed by atoms with Crippen LogP contribution in [0, 0.1) is 6.92 Å². The second kappa shape index (κ2) is 7.18. The summed E-state index contributed by atoms with van der Waals surface area (Å²) in [4.78, 5) is 6.81. The van der Waals surface area contributed by atoms with E-state index in [2.05, 4.69) is 59.4 Å². The standard InChI is InChI=1S/C21H22N4/c1-5-16(14-25(3)4)17-7-6-8-18(11-17)21-10-9-20(15(2)24-21)19-12-22-23-13-19/h5-14H,1H2,2-4H3,(H,22,23)/b16-14+. The molecule has 3 aromatic rings. The van der Waals surface area contributed by atoms with Crippen molar-refractivity contribution in [3.63, 3.8) is 0 Å². The van der Waals surface area contributed by atoms with Gasteiger partial charge >= 0.3 is 0 Å². The molecule has 3 rings (SSSR count). The maximum atomic E-state index is 4.79. The molecule has 0 unspecified atom stereocenters. The van der Waals surface area contributed by atoms with Gasteiger partial charge in [-0.2, -0.15) is 5.10 Å². The van der Waals surface area contributed by atoms with Crippen LogP contribution in [-0.4, -0.2) is 34.2 Å². The van der Waals surface area contributed by atoms with Gasteiger partial charge in [0.1, 0.15) is 0 Å². The maximum Gasteiger partial charge on any atom is 0.0705 e. The molecule has 0 atom stereocenters. The van der Waals surface area contributed by atoms with Crippen LogP contribution in [-0.2, 0) is 0 Å². The summed E-state index contributed by atoms with van der Waals surface area (Å²) in [6.07, 6.45) is 7.63. The lowest BCUT2D eigenvalue weighted by atomic mass is 10.0. The van der Waals surface area contributed by atoms with Crippen LogP contribution < -0.4 is 0 Å². The normalized spacial score (nSPS) is 11.4. The van der Waals surface area contributed by atoms with Gasteiger partial charge in [-0.25, -0.2) is 0 Å². The molecule has 126 valence electrons. The highest BCUT2D eigenvalue weighted by Crippen LogP contribution is 2.27. The molecule has 0 spiro atoms. The molecular formula is C21H22N4. The third-order valence-corrected chi connectivity index (χ3v) is 4.00. The van der Waals surface area contributed by atoms with Gasteiger partial charge in [-0.15, -0.1) is 0 Å². The molecule has 0 saturated heterocycles. The summed E-state index contributed by atoms with van der Waals surface area (Å²) in [5.41, 5.74) is 7.38. The number of aromatic amines is 1. The molecule has 0 aliphatic heterocycles. The highest BCUT2D eigenvalue weighted by molar-refractivity contribution is 5.77. The average Bonchev–Trinajstić information content (AvgIpc) is 3.14. The molecule has 4 heteroatoms. The van der Waals surface area contributed by atoms with E-state index in [9.17, 15) is 0 Å². The van der Waals surface area contributed by atoms with Gasteiger partial charge in [0.25, 0.3) is 0 Å². The highest BCUT2D eigenvalue weighted by atomic mass is 15.1. The van der Waals surface area contributed by atoms with Gasteiger partial charge in [-0.1, -0.05) is 36.9 Å². The molecule has 4 nitrogen and oxygen atoms in total. The summed E-state index contributed by atoms with van der Waals surface area (Å²) in [6.45, 7) is 5.95. The predicted octanol–water partition coefficient (Wildman–Crippen LogP) is 4.54. The lowest BCUT2D eigenvalue weighted by Gasteiger charge is -2.11. The largest absolute Gasteiger partial charge is 0.383 e. The third-order valence-electron chi connectivity index (χ3n) is 4.00. The Morgan fingerprint density at radius 2 is 2.00 bits per heavy atom. The fourth-order valence-electron chi connectivity index (χ4n) is 2.81. The number of rotatable bonds is 5. The van der Waals surface area contributed by atoms with Crippen LogP contribution in [0.25, 0.3) is 28.0 Å². The second-order valence-corrected chi connectivity index (χ2v) is 6.15. The Kier molecular flexibility index (Phi) is 4.80. The molecular weight excluding hydrogens is 308 g/mol. The van der Waals surface area contributed by atoms with Crippen molar-refractivity contribution < 1.29 is 0 Å². The zero-order valence-electron chi connectivity index (χ0n) is 14.8. The summed E-state index contributed by atoms with van der Waals surface area (Å²) in [7, 11) is 4.01. The van der Waals surface area contributed by atoms with Gasteiger partial charge in [-0.3, -0.25) is 10.1 Å². The van der Waals surface area contributed by atoms with Crippen LogP contribution in [0.5, 0.6) is 0 Å². The zero-order chi connectivity index (χ0) is 17.8. The fourth-order valence-corrected chi connectivity index (χ4v) is 2.81. The van der Waals surface area contributed by atoms with Gasteiger partial charge in [0.05, 0.1) is 11.9 Å². The van der Waals surface area contributed by atoms with Gasteiger partial charge in [0.2, 0.25) is 0 Å². The number of hydrogen-bond donors (Lipinski definition) is 1. The monoisotopic (exact) mass is 330 g/mol. The van der Waals surface area contributed by atoms with E-state index in [1.165, 1.54) is 0 Å². The predicted molar refractivity (Wildman–Crippen MR) is 104 cm³/mol. The smallest absolute Gasteiger partial charge is 0.0705 e. The van der Waals surface area contributed by atoms with Crippen molar-refractivity contribution in [3.05, 3.63) is 78.9 Å². The van der Waals surface area contributed by atoms with E-state index in [-0.39, 0.29) is 0 Å². The Labute approximate surface area is 148 Å². The van der Waals surface area contributed by atoms with Crippen LogP contribution in [0.4, 0.5) is 0 Å². The van der Waals surface area contributed by atoms with E-state index in [1.807, 2.05) is 44.4 Å². The SMILES string of the molecule is C=C/C(=C\N(C)C)c1cccc(-c2ccc(-c3cn[nH]c3)c(C)n2)c1. The maximum absolute atomic E-state index is 4.79. The molecule has 2 aromatic heterocycles. The van der Waals surface area contributed by atoms with Crippen LogP contribution in [0.2, 0.25) is 0 Å². The number of H-pyrrole nitrogens is 1. The molecule has 0 amide bonds. The van der Waals surface area contributed by atoms with Gasteiger partial charge in [0, 0.05) is 48.9 Å². The zero-order valence-corrected chi connectivity index (χ0v) is 14.8. The van der Waals surface area contributed by atoms with Crippen molar-refractivity contribution in [3.8, 4) is 22.4 Å². The van der Waals surface area contributed by atoms with Crippen molar-refractivity contribution in [1.29, 1.82) is 0 Å². The number of hydrogen-bond acceptors (Lipinski definition) is 3. The molecule has 0 radical (unpaired) electrons. The minimum Gasteiger partial charge on any atom is -0.383 e. The molecule has 2 heterocycles. The molecule has 1 aromatic carbocycles. The lowest BCUT2D eigenvalue weighted by Crippen LogP contribution is -2.02.